The monoisotopic (exact) mass is 198 g/mol. The topological polar surface area (TPSA) is 26.3 Å². The maximum absolute atomic E-state index is 11.2. The number of hydrogen-bond donors (Lipinski definition) is 0. The molecule has 0 N–H and O–H groups in total. The molecule has 82 valence electrons. The maximum Gasteiger partial charge on any atom is 0.330 e. The molecule has 0 amide bonds. The van der Waals surface area contributed by atoms with Crippen molar-refractivity contribution in [1.29, 1.82) is 0 Å². The molecule has 0 bridgehead atoms. The van der Waals surface area contributed by atoms with Gasteiger partial charge in [-0.2, -0.15) is 0 Å². The van der Waals surface area contributed by atoms with Crippen LogP contribution in [0.5, 0.6) is 0 Å². The normalized spacial score (nSPS) is 13.9. The number of hydrogen-bond acceptors (Lipinski definition) is 2. The van der Waals surface area contributed by atoms with Gasteiger partial charge in [0.05, 0.1) is 6.61 Å². The number of rotatable bonds is 6. The van der Waals surface area contributed by atoms with Gasteiger partial charge in [-0.3, -0.25) is 0 Å². The van der Waals surface area contributed by atoms with Crippen LogP contribution in [-0.2, 0) is 9.53 Å². The van der Waals surface area contributed by atoms with Crippen molar-refractivity contribution in [2.75, 3.05) is 6.61 Å². The van der Waals surface area contributed by atoms with Gasteiger partial charge in [0.25, 0.3) is 0 Å². The Labute approximate surface area is 87.3 Å². The van der Waals surface area contributed by atoms with E-state index in [2.05, 4.69) is 13.8 Å². The Kier molecular flexibility index (Phi) is 7.17. The highest BCUT2D eigenvalue weighted by molar-refractivity contribution is 5.82. The zero-order valence-corrected chi connectivity index (χ0v) is 9.80. The van der Waals surface area contributed by atoms with Crippen LogP contribution in [0, 0.1) is 5.92 Å². The number of carbonyl (C=O) groups excluding carboxylic acids is 1. The van der Waals surface area contributed by atoms with Gasteiger partial charge in [-0.25, -0.2) is 4.79 Å². The fraction of sp³-hybridized carbons (Fsp3) is 0.750. The van der Waals surface area contributed by atoms with Gasteiger partial charge in [-0.05, 0) is 25.7 Å². The minimum absolute atomic E-state index is 0.202. The minimum atomic E-state index is -0.202. The molecule has 14 heavy (non-hydrogen) atoms. The van der Waals surface area contributed by atoms with Crippen LogP contribution in [0.1, 0.15) is 47.0 Å². The predicted octanol–water partition coefficient (Wildman–Crippen LogP) is 3.32. The van der Waals surface area contributed by atoms with E-state index in [1.807, 2.05) is 13.8 Å². The molecule has 0 heterocycles. The van der Waals surface area contributed by atoms with Crippen LogP contribution in [0.4, 0.5) is 0 Å². The SMILES string of the molecule is CCCOC(=O)C=C(C)C(C)CCC. The zero-order chi connectivity index (χ0) is 11.0. The lowest BCUT2D eigenvalue weighted by atomic mass is 9.97. The molecule has 0 saturated heterocycles. The molecule has 2 heteroatoms. The van der Waals surface area contributed by atoms with E-state index in [4.69, 9.17) is 4.74 Å². The van der Waals surface area contributed by atoms with E-state index < -0.39 is 0 Å². The second-order valence-corrected chi connectivity index (χ2v) is 3.75. The summed E-state index contributed by atoms with van der Waals surface area (Å²) < 4.78 is 4.97. The molecule has 1 unspecified atom stereocenters. The minimum Gasteiger partial charge on any atom is -0.463 e. The van der Waals surface area contributed by atoms with Gasteiger partial charge in [-0.1, -0.05) is 32.8 Å². The largest absolute Gasteiger partial charge is 0.463 e. The molecule has 2 nitrogen and oxygen atoms in total. The van der Waals surface area contributed by atoms with Gasteiger partial charge >= 0.3 is 5.97 Å². The third-order valence-electron chi connectivity index (χ3n) is 2.29. The van der Waals surface area contributed by atoms with Gasteiger partial charge in [0.1, 0.15) is 0 Å². The molecule has 0 rings (SSSR count). The quantitative estimate of drug-likeness (QED) is 0.483. The Bertz CT molecular complexity index is 194. The molecule has 0 aromatic carbocycles. The smallest absolute Gasteiger partial charge is 0.330 e. The lowest BCUT2D eigenvalue weighted by Gasteiger charge is -2.10. The number of allylic oxidation sites excluding steroid dienone is 1. The first-order valence-electron chi connectivity index (χ1n) is 5.46. The Morgan fingerprint density at radius 1 is 1.36 bits per heavy atom. The first-order valence-corrected chi connectivity index (χ1v) is 5.46. The van der Waals surface area contributed by atoms with Gasteiger partial charge in [0.15, 0.2) is 0 Å². The fourth-order valence-electron chi connectivity index (χ4n) is 1.23. The lowest BCUT2D eigenvalue weighted by molar-refractivity contribution is -0.137. The van der Waals surface area contributed by atoms with E-state index in [9.17, 15) is 4.79 Å². The summed E-state index contributed by atoms with van der Waals surface area (Å²) in [6.07, 6.45) is 4.78. The molecule has 0 saturated carbocycles. The second kappa shape index (κ2) is 7.60. The molecule has 0 aliphatic carbocycles. The van der Waals surface area contributed by atoms with E-state index >= 15 is 0 Å². The first kappa shape index (κ1) is 13.2. The van der Waals surface area contributed by atoms with E-state index in [0.717, 1.165) is 24.8 Å². The number of ether oxygens (including phenoxy) is 1. The average molecular weight is 198 g/mol. The summed E-state index contributed by atoms with van der Waals surface area (Å²) in [4.78, 5) is 11.2. The molecule has 0 aromatic rings. The Morgan fingerprint density at radius 2 is 2.00 bits per heavy atom. The van der Waals surface area contributed by atoms with E-state index in [1.165, 1.54) is 0 Å². The van der Waals surface area contributed by atoms with E-state index in [0.29, 0.717) is 12.5 Å². The highest BCUT2D eigenvalue weighted by Crippen LogP contribution is 2.15. The summed E-state index contributed by atoms with van der Waals surface area (Å²) in [5.41, 5.74) is 1.12. The zero-order valence-electron chi connectivity index (χ0n) is 9.80. The third kappa shape index (κ3) is 5.79. The van der Waals surface area contributed by atoms with Crippen molar-refractivity contribution in [1.82, 2.24) is 0 Å². The van der Waals surface area contributed by atoms with Crippen LogP contribution in [0.3, 0.4) is 0 Å². The van der Waals surface area contributed by atoms with Crippen molar-refractivity contribution < 1.29 is 9.53 Å². The van der Waals surface area contributed by atoms with E-state index in [1.54, 1.807) is 6.08 Å². The summed E-state index contributed by atoms with van der Waals surface area (Å²) >= 11 is 0. The van der Waals surface area contributed by atoms with Crippen LogP contribution in [0.25, 0.3) is 0 Å². The van der Waals surface area contributed by atoms with Gasteiger partial charge in [0, 0.05) is 6.08 Å². The van der Waals surface area contributed by atoms with E-state index in [-0.39, 0.29) is 5.97 Å². The van der Waals surface area contributed by atoms with Crippen molar-refractivity contribution >= 4 is 5.97 Å². The summed E-state index contributed by atoms with van der Waals surface area (Å²) in [5.74, 6) is 0.279. The average Bonchev–Trinajstić information content (AvgIpc) is 2.15. The van der Waals surface area contributed by atoms with Crippen molar-refractivity contribution in [3.05, 3.63) is 11.6 Å². The highest BCUT2D eigenvalue weighted by Gasteiger charge is 2.05. The standard InChI is InChI=1S/C12H22O2/c1-5-7-10(3)11(4)9-12(13)14-8-6-2/h9-10H,5-8H2,1-4H3. The highest BCUT2D eigenvalue weighted by atomic mass is 16.5. The van der Waals surface area contributed by atoms with Crippen molar-refractivity contribution in [2.24, 2.45) is 5.92 Å². The molecular formula is C12H22O2. The fourth-order valence-corrected chi connectivity index (χ4v) is 1.23. The van der Waals surface area contributed by atoms with Crippen LogP contribution in [-0.4, -0.2) is 12.6 Å². The van der Waals surface area contributed by atoms with Crippen LogP contribution >= 0.6 is 0 Å². The molecule has 0 aliphatic heterocycles. The molecule has 0 fully saturated rings. The Balaban J connectivity index is 4.00. The number of carbonyl (C=O) groups is 1. The van der Waals surface area contributed by atoms with Crippen molar-refractivity contribution in [2.45, 2.75) is 47.0 Å². The number of esters is 1. The molecule has 0 spiro atoms. The van der Waals surface area contributed by atoms with Crippen LogP contribution in [0.15, 0.2) is 11.6 Å². The second-order valence-electron chi connectivity index (χ2n) is 3.75. The summed E-state index contributed by atoms with van der Waals surface area (Å²) in [6, 6.07) is 0. The summed E-state index contributed by atoms with van der Waals surface area (Å²) in [7, 11) is 0. The Hall–Kier alpha value is -0.790. The maximum atomic E-state index is 11.2. The first-order chi connectivity index (χ1) is 6.61. The van der Waals surface area contributed by atoms with Crippen molar-refractivity contribution in [3.8, 4) is 0 Å². The van der Waals surface area contributed by atoms with Gasteiger partial charge < -0.3 is 4.74 Å². The molecule has 1 atom stereocenters. The molecular weight excluding hydrogens is 176 g/mol. The summed E-state index contributed by atoms with van der Waals surface area (Å²) in [5, 5.41) is 0. The predicted molar refractivity (Wildman–Crippen MR) is 59.1 cm³/mol. The molecule has 0 radical (unpaired) electrons. The van der Waals surface area contributed by atoms with Crippen molar-refractivity contribution in [3.63, 3.8) is 0 Å². The van der Waals surface area contributed by atoms with Gasteiger partial charge in [0.2, 0.25) is 0 Å². The van der Waals surface area contributed by atoms with Crippen LogP contribution < -0.4 is 0 Å². The molecule has 0 aromatic heterocycles. The van der Waals surface area contributed by atoms with Gasteiger partial charge in [-0.15, -0.1) is 0 Å². The molecule has 0 aliphatic rings. The third-order valence-corrected chi connectivity index (χ3v) is 2.29. The summed E-state index contributed by atoms with van der Waals surface area (Å²) in [6.45, 7) is 8.80. The van der Waals surface area contributed by atoms with Crippen LogP contribution in [0.2, 0.25) is 0 Å². The Morgan fingerprint density at radius 3 is 2.50 bits per heavy atom. The lowest BCUT2D eigenvalue weighted by Crippen LogP contribution is -2.05.